The van der Waals surface area contributed by atoms with E-state index in [-0.39, 0.29) is 11.6 Å². The molecule has 0 aliphatic carbocycles. The lowest BCUT2D eigenvalue weighted by atomic mass is 10.2. The Morgan fingerprint density at radius 3 is 2.95 bits per heavy atom. The first kappa shape index (κ1) is 14.0. The third-order valence-electron chi connectivity index (χ3n) is 2.51. The van der Waals surface area contributed by atoms with Gasteiger partial charge in [0.15, 0.2) is 5.69 Å². The first-order valence-corrected chi connectivity index (χ1v) is 6.04. The summed E-state index contributed by atoms with van der Waals surface area (Å²) in [7, 11) is 3.16. The molecule has 0 saturated heterocycles. The molecule has 2 rings (SSSR count). The van der Waals surface area contributed by atoms with Gasteiger partial charge in [0.25, 0.3) is 0 Å². The zero-order valence-electron chi connectivity index (χ0n) is 11.3. The normalized spacial score (nSPS) is 10.1. The number of aromatic nitrogens is 2. The van der Waals surface area contributed by atoms with Crippen LogP contribution >= 0.6 is 0 Å². The average Bonchev–Trinajstić information content (AvgIpc) is 2.47. The van der Waals surface area contributed by atoms with E-state index in [1.54, 1.807) is 0 Å². The van der Waals surface area contributed by atoms with Crippen molar-refractivity contribution in [1.29, 1.82) is 0 Å². The number of benzene rings is 1. The Hall–Kier alpha value is -2.47. The summed E-state index contributed by atoms with van der Waals surface area (Å²) in [5.74, 6) is 0.329. The molecule has 1 aromatic carbocycles. The van der Waals surface area contributed by atoms with E-state index in [1.807, 2.05) is 31.3 Å². The number of nitrogens with one attached hydrogen (secondary N) is 1. The van der Waals surface area contributed by atoms with Gasteiger partial charge in [-0.1, -0.05) is 12.1 Å². The average molecular weight is 273 g/mol. The van der Waals surface area contributed by atoms with Crippen molar-refractivity contribution in [1.82, 2.24) is 15.3 Å². The van der Waals surface area contributed by atoms with Crippen LogP contribution in [0.2, 0.25) is 0 Å². The van der Waals surface area contributed by atoms with E-state index in [2.05, 4.69) is 20.0 Å². The van der Waals surface area contributed by atoms with Gasteiger partial charge < -0.3 is 14.8 Å². The second-order valence-corrected chi connectivity index (χ2v) is 4.01. The summed E-state index contributed by atoms with van der Waals surface area (Å²) >= 11 is 0. The third-order valence-corrected chi connectivity index (χ3v) is 2.51. The quantitative estimate of drug-likeness (QED) is 0.837. The lowest BCUT2D eigenvalue weighted by Crippen LogP contribution is -2.06. The maximum absolute atomic E-state index is 11.4. The number of methoxy groups -OCH3 is 1. The van der Waals surface area contributed by atoms with Gasteiger partial charge in [-0.2, -0.15) is 0 Å². The molecule has 0 amide bonds. The van der Waals surface area contributed by atoms with Gasteiger partial charge in [-0.25, -0.2) is 9.78 Å². The van der Waals surface area contributed by atoms with Gasteiger partial charge in [0.05, 0.1) is 19.5 Å². The highest BCUT2D eigenvalue weighted by molar-refractivity contribution is 5.86. The highest BCUT2D eigenvalue weighted by atomic mass is 16.5. The molecule has 6 heteroatoms. The molecule has 0 radical (unpaired) electrons. The van der Waals surface area contributed by atoms with Gasteiger partial charge in [0.2, 0.25) is 5.88 Å². The molecule has 1 N–H and O–H groups in total. The van der Waals surface area contributed by atoms with Gasteiger partial charge >= 0.3 is 5.97 Å². The molecule has 0 atom stereocenters. The topological polar surface area (TPSA) is 73.3 Å². The van der Waals surface area contributed by atoms with Gasteiger partial charge in [0.1, 0.15) is 5.75 Å². The Morgan fingerprint density at radius 1 is 1.35 bits per heavy atom. The van der Waals surface area contributed by atoms with E-state index in [4.69, 9.17) is 4.74 Å². The van der Waals surface area contributed by atoms with E-state index < -0.39 is 5.97 Å². The zero-order valence-corrected chi connectivity index (χ0v) is 11.3. The molecule has 0 unspecified atom stereocenters. The van der Waals surface area contributed by atoms with E-state index in [0.29, 0.717) is 5.75 Å². The Kier molecular flexibility index (Phi) is 4.62. The van der Waals surface area contributed by atoms with E-state index in [9.17, 15) is 4.79 Å². The number of carbonyl (C=O) groups is 1. The van der Waals surface area contributed by atoms with Crippen LogP contribution in [-0.4, -0.2) is 30.1 Å². The smallest absolute Gasteiger partial charge is 0.358 e. The molecular weight excluding hydrogens is 258 g/mol. The van der Waals surface area contributed by atoms with Crippen LogP contribution in [-0.2, 0) is 11.3 Å². The number of hydrogen-bond acceptors (Lipinski definition) is 6. The number of carbonyl (C=O) groups excluding carboxylic acids is 1. The lowest BCUT2D eigenvalue weighted by Gasteiger charge is -2.07. The third kappa shape index (κ3) is 3.52. The predicted octanol–water partition coefficient (Wildman–Crippen LogP) is 1.77. The molecular formula is C14H15N3O3. The second-order valence-electron chi connectivity index (χ2n) is 4.01. The summed E-state index contributed by atoms with van der Waals surface area (Å²) < 4.78 is 10.2. The van der Waals surface area contributed by atoms with Gasteiger partial charge in [0, 0.05) is 6.54 Å². The highest BCUT2D eigenvalue weighted by Gasteiger charge is 2.09. The van der Waals surface area contributed by atoms with Crippen molar-refractivity contribution < 1.29 is 14.3 Å². The standard InChI is InChI=1S/C14H15N3O3/c1-15-7-10-4-3-5-11(6-10)20-13-9-16-8-12(17-13)14(18)19-2/h3-6,8-9,15H,7H2,1-2H3. The van der Waals surface area contributed by atoms with Gasteiger partial charge in [-0.05, 0) is 24.7 Å². The molecule has 0 aliphatic rings. The van der Waals surface area contributed by atoms with Crippen molar-refractivity contribution >= 4 is 5.97 Å². The Morgan fingerprint density at radius 2 is 2.20 bits per heavy atom. The fourth-order valence-electron chi connectivity index (χ4n) is 1.64. The van der Waals surface area contributed by atoms with Crippen molar-refractivity contribution in [3.63, 3.8) is 0 Å². The largest absolute Gasteiger partial charge is 0.464 e. The molecule has 104 valence electrons. The van der Waals surface area contributed by atoms with Crippen LogP contribution in [0.25, 0.3) is 0 Å². The minimum atomic E-state index is -0.549. The van der Waals surface area contributed by atoms with Crippen LogP contribution in [0.4, 0.5) is 0 Å². The summed E-state index contributed by atoms with van der Waals surface area (Å²) in [5, 5.41) is 3.06. The van der Waals surface area contributed by atoms with Gasteiger partial charge in [-0.3, -0.25) is 4.98 Å². The minimum Gasteiger partial charge on any atom is -0.464 e. The van der Waals surface area contributed by atoms with E-state index >= 15 is 0 Å². The van der Waals surface area contributed by atoms with Crippen molar-refractivity contribution in [3.05, 3.63) is 47.9 Å². The molecule has 0 spiro atoms. The zero-order chi connectivity index (χ0) is 14.4. The summed E-state index contributed by atoms with van der Waals surface area (Å²) in [6, 6.07) is 7.58. The molecule has 2 aromatic rings. The molecule has 1 aromatic heterocycles. The van der Waals surface area contributed by atoms with Gasteiger partial charge in [-0.15, -0.1) is 0 Å². The fourth-order valence-corrected chi connectivity index (χ4v) is 1.64. The molecule has 0 aliphatic heterocycles. The maximum Gasteiger partial charge on any atom is 0.358 e. The summed E-state index contributed by atoms with van der Waals surface area (Å²) in [5.41, 5.74) is 1.19. The monoisotopic (exact) mass is 273 g/mol. The second kappa shape index (κ2) is 6.63. The Labute approximate surface area is 116 Å². The summed E-state index contributed by atoms with van der Waals surface area (Å²) in [6.45, 7) is 0.741. The molecule has 0 bridgehead atoms. The first-order chi connectivity index (χ1) is 9.72. The molecule has 0 saturated carbocycles. The van der Waals surface area contributed by atoms with Crippen LogP contribution in [0.15, 0.2) is 36.7 Å². The summed E-state index contributed by atoms with van der Waals surface area (Å²) in [4.78, 5) is 19.3. The Bertz CT molecular complexity index is 602. The predicted molar refractivity (Wildman–Crippen MR) is 72.7 cm³/mol. The summed E-state index contributed by atoms with van der Waals surface area (Å²) in [6.07, 6.45) is 2.77. The minimum absolute atomic E-state index is 0.108. The Balaban J connectivity index is 2.17. The maximum atomic E-state index is 11.4. The van der Waals surface area contributed by atoms with Crippen LogP contribution in [0, 0.1) is 0 Å². The van der Waals surface area contributed by atoms with Crippen molar-refractivity contribution in [2.24, 2.45) is 0 Å². The number of nitrogens with zero attached hydrogens (tertiary/aromatic N) is 2. The van der Waals surface area contributed by atoms with Crippen LogP contribution < -0.4 is 10.1 Å². The van der Waals surface area contributed by atoms with Crippen molar-refractivity contribution in [2.75, 3.05) is 14.2 Å². The lowest BCUT2D eigenvalue weighted by molar-refractivity contribution is 0.0592. The molecule has 1 heterocycles. The first-order valence-electron chi connectivity index (χ1n) is 6.04. The molecule has 20 heavy (non-hydrogen) atoms. The molecule has 0 fully saturated rings. The van der Waals surface area contributed by atoms with Crippen LogP contribution in [0.5, 0.6) is 11.6 Å². The number of rotatable bonds is 5. The fraction of sp³-hybridized carbons (Fsp3) is 0.214. The highest BCUT2D eigenvalue weighted by Crippen LogP contribution is 2.20. The SMILES string of the molecule is CNCc1cccc(Oc2cncc(C(=O)OC)n2)c1. The van der Waals surface area contributed by atoms with Crippen LogP contribution in [0.1, 0.15) is 16.1 Å². The van der Waals surface area contributed by atoms with Crippen LogP contribution in [0.3, 0.4) is 0 Å². The van der Waals surface area contributed by atoms with Crippen molar-refractivity contribution in [2.45, 2.75) is 6.54 Å². The van der Waals surface area contributed by atoms with E-state index in [0.717, 1.165) is 12.1 Å². The van der Waals surface area contributed by atoms with E-state index in [1.165, 1.54) is 19.5 Å². The number of ether oxygens (including phenoxy) is 2. The van der Waals surface area contributed by atoms with Crippen molar-refractivity contribution in [3.8, 4) is 11.6 Å². The molecule has 6 nitrogen and oxygen atoms in total. The number of hydrogen-bond donors (Lipinski definition) is 1. The number of esters is 1.